The molecule has 0 fully saturated rings. The molecule has 2 unspecified atom stereocenters. The lowest BCUT2D eigenvalue weighted by Gasteiger charge is -2.22. The zero-order valence-electron chi connectivity index (χ0n) is 16.8. The van der Waals surface area contributed by atoms with E-state index in [9.17, 15) is 18.0 Å². The van der Waals surface area contributed by atoms with E-state index >= 15 is 0 Å². The van der Waals surface area contributed by atoms with E-state index in [4.69, 9.17) is 0 Å². The number of thioether (sulfide) groups is 1. The van der Waals surface area contributed by atoms with E-state index in [-0.39, 0.29) is 27.7 Å². The molecule has 29 heavy (non-hydrogen) atoms. The molecule has 0 radical (unpaired) electrons. The summed E-state index contributed by atoms with van der Waals surface area (Å²) in [6.07, 6.45) is 0. The first kappa shape index (κ1) is 21.4. The third-order valence-electron chi connectivity index (χ3n) is 4.89. The monoisotopic (exact) mass is 432 g/mol. The lowest BCUT2D eigenvalue weighted by Crippen LogP contribution is -2.28. The largest absolute Gasteiger partial charge is 0.325 e. The Kier molecular flexibility index (Phi) is 6.05. The predicted molar refractivity (Wildman–Crippen MR) is 116 cm³/mol. The minimum absolute atomic E-state index is 0.0958. The van der Waals surface area contributed by atoms with Gasteiger partial charge in [0.15, 0.2) is 9.84 Å². The number of hydrogen-bond acceptors (Lipinski definition) is 5. The smallest absolute Gasteiger partial charge is 0.237 e. The highest BCUT2D eigenvalue weighted by molar-refractivity contribution is 8.01. The maximum absolute atomic E-state index is 12.9. The van der Waals surface area contributed by atoms with Gasteiger partial charge >= 0.3 is 0 Å². The molecule has 1 aliphatic heterocycles. The van der Waals surface area contributed by atoms with E-state index in [0.29, 0.717) is 11.4 Å². The standard InChI is InChI=1S/C21H24N2O4S2/c1-12-6-5-7-13(2)19(12)23-20(24)14(3)11-29(26,27)16-8-9-18-17(10-16)22-21(25)15(4)28-18/h5-10,14-15H,11H2,1-4H3,(H,22,25)(H,23,24). The summed E-state index contributed by atoms with van der Waals surface area (Å²) < 4.78 is 25.7. The summed E-state index contributed by atoms with van der Waals surface area (Å²) in [6.45, 7) is 7.18. The predicted octanol–water partition coefficient (Wildman–Crippen LogP) is 3.78. The van der Waals surface area contributed by atoms with Gasteiger partial charge in [0.1, 0.15) is 0 Å². The molecule has 1 heterocycles. The van der Waals surface area contributed by atoms with Gasteiger partial charge in [0.2, 0.25) is 11.8 Å². The van der Waals surface area contributed by atoms with Crippen LogP contribution in [0.5, 0.6) is 0 Å². The van der Waals surface area contributed by atoms with Gasteiger partial charge in [-0.05, 0) is 50.1 Å². The van der Waals surface area contributed by atoms with Crippen molar-refractivity contribution in [2.75, 3.05) is 16.4 Å². The van der Waals surface area contributed by atoms with Gasteiger partial charge in [0.25, 0.3) is 0 Å². The van der Waals surface area contributed by atoms with Crippen molar-refractivity contribution in [2.45, 2.75) is 42.7 Å². The summed E-state index contributed by atoms with van der Waals surface area (Å²) in [7, 11) is -3.70. The minimum Gasteiger partial charge on any atom is -0.325 e. The second kappa shape index (κ2) is 8.20. The van der Waals surface area contributed by atoms with E-state index in [1.165, 1.54) is 23.9 Å². The fourth-order valence-electron chi connectivity index (χ4n) is 3.14. The molecular formula is C21H24N2O4S2. The number of benzene rings is 2. The lowest BCUT2D eigenvalue weighted by molar-refractivity contribution is -0.119. The number of hydrogen-bond donors (Lipinski definition) is 2. The molecule has 2 N–H and O–H groups in total. The first-order valence-electron chi connectivity index (χ1n) is 9.30. The number of rotatable bonds is 5. The number of nitrogens with one attached hydrogen (secondary N) is 2. The SMILES string of the molecule is Cc1cccc(C)c1NC(=O)C(C)CS(=O)(=O)c1ccc2c(c1)NC(=O)C(C)S2. The van der Waals surface area contributed by atoms with Crippen LogP contribution < -0.4 is 10.6 Å². The van der Waals surface area contributed by atoms with Crippen LogP contribution in [-0.4, -0.2) is 31.2 Å². The maximum atomic E-state index is 12.9. The summed E-state index contributed by atoms with van der Waals surface area (Å²) in [5.41, 5.74) is 3.05. The zero-order valence-corrected chi connectivity index (χ0v) is 18.4. The molecule has 8 heteroatoms. The molecule has 2 amide bonds. The van der Waals surface area contributed by atoms with Gasteiger partial charge < -0.3 is 10.6 Å². The summed E-state index contributed by atoms with van der Waals surface area (Å²) in [5.74, 6) is -1.56. The first-order chi connectivity index (χ1) is 13.6. The van der Waals surface area contributed by atoms with Gasteiger partial charge in [-0.25, -0.2) is 8.42 Å². The van der Waals surface area contributed by atoms with Crippen molar-refractivity contribution in [2.24, 2.45) is 5.92 Å². The fourth-order valence-corrected chi connectivity index (χ4v) is 5.65. The number of fused-ring (bicyclic) bond motifs is 1. The average molecular weight is 433 g/mol. The number of anilines is 2. The molecule has 3 rings (SSSR count). The van der Waals surface area contributed by atoms with Crippen molar-refractivity contribution in [1.82, 2.24) is 0 Å². The molecule has 0 saturated heterocycles. The van der Waals surface area contributed by atoms with Gasteiger partial charge in [-0.2, -0.15) is 0 Å². The first-order valence-corrected chi connectivity index (χ1v) is 11.8. The van der Waals surface area contributed by atoms with Crippen LogP contribution in [0.2, 0.25) is 0 Å². The molecule has 6 nitrogen and oxygen atoms in total. The van der Waals surface area contributed by atoms with Gasteiger partial charge in [-0.15, -0.1) is 11.8 Å². The molecule has 0 saturated carbocycles. The number of carbonyl (C=O) groups is 2. The highest BCUT2D eigenvalue weighted by atomic mass is 32.2. The molecule has 0 spiro atoms. The van der Waals surface area contributed by atoms with E-state index in [1.54, 1.807) is 19.9 Å². The highest BCUT2D eigenvalue weighted by Gasteiger charge is 2.27. The highest BCUT2D eigenvalue weighted by Crippen LogP contribution is 2.37. The Bertz CT molecular complexity index is 1060. The van der Waals surface area contributed by atoms with Crippen molar-refractivity contribution >= 4 is 44.8 Å². The average Bonchev–Trinajstić information content (AvgIpc) is 2.64. The lowest BCUT2D eigenvalue weighted by atomic mass is 10.1. The third-order valence-corrected chi connectivity index (χ3v) is 7.98. The van der Waals surface area contributed by atoms with Crippen molar-refractivity contribution in [3.63, 3.8) is 0 Å². The van der Waals surface area contributed by atoms with Crippen molar-refractivity contribution in [3.05, 3.63) is 47.5 Å². The maximum Gasteiger partial charge on any atom is 0.237 e. The van der Waals surface area contributed by atoms with E-state index in [1.807, 2.05) is 32.0 Å². The Labute approximate surface area is 175 Å². The van der Waals surface area contributed by atoms with E-state index in [0.717, 1.165) is 16.0 Å². The van der Waals surface area contributed by atoms with Gasteiger partial charge in [-0.3, -0.25) is 9.59 Å². The topological polar surface area (TPSA) is 92.3 Å². The second-order valence-electron chi connectivity index (χ2n) is 7.35. The molecule has 0 aromatic heterocycles. The molecular weight excluding hydrogens is 408 g/mol. The summed E-state index contributed by atoms with van der Waals surface area (Å²) in [6, 6.07) is 10.4. The summed E-state index contributed by atoms with van der Waals surface area (Å²) in [4.78, 5) is 25.4. The van der Waals surface area contributed by atoms with Crippen molar-refractivity contribution < 1.29 is 18.0 Å². The van der Waals surface area contributed by atoms with Gasteiger partial charge in [-0.1, -0.05) is 25.1 Å². The van der Waals surface area contributed by atoms with Gasteiger partial charge in [0, 0.05) is 16.5 Å². The quantitative estimate of drug-likeness (QED) is 0.750. The van der Waals surface area contributed by atoms with Crippen molar-refractivity contribution in [3.8, 4) is 0 Å². The fraction of sp³-hybridized carbons (Fsp3) is 0.333. The Hall–Kier alpha value is -2.32. The molecule has 2 atom stereocenters. The van der Waals surface area contributed by atoms with Crippen LogP contribution in [0.3, 0.4) is 0 Å². The molecule has 1 aliphatic rings. The number of carbonyl (C=O) groups excluding carboxylic acids is 2. The molecule has 2 aromatic rings. The zero-order chi connectivity index (χ0) is 21.3. The number of aryl methyl sites for hydroxylation is 2. The Morgan fingerprint density at radius 1 is 1.21 bits per heavy atom. The second-order valence-corrected chi connectivity index (χ2v) is 10.8. The Balaban J connectivity index is 1.76. The van der Waals surface area contributed by atoms with Crippen LogP contribution in [0.25, 0.3) is 0 Å². The van der Waals surface area contributed by atoms with E-state index in [2.05, 4.69) is 10.6 Å². The molecule has 0 bridgehead atoms. The van der Waals surface area contributed by atoms with Crippen LogP contribution in [0, 0.1) is 19.8 Å². The van der Waals surface area contributed by atoms with Crippen LogP contribution in [-0.2, 0) is 19.4 Å². The molecule has 2 aromatic carbocycles. The van der Waals surface area contributed by atoms with Crippen LogP contribution >= 0.6 is 11.8 Å². The Morgan fingerprint density at radius 2 is 1.86 bits per heavy atom. The number of para-hydroxylation sites is 1. The van der Waals surface area contributed by atoms with Crippen LogP contribution in [0.15, 0.2) is 46.2 Å². The third kappa shape index (κ3) is 4.64. The van der Waals surface area contributed by atoms with Crippen LogP contribution in [0.1, 0.15) is 25.0 Å². The molecule has 154 valence electrons. The normalized spacial score (nSPS) is 17.2. The van der Waals surface area contributed by atoms with E-state index < -0.39 is 15.8 Å². The van der Waals surface area contributed by atoms with Crippen molar-refractivity contribution in [1.29, 1.82) is 0 Å². The summed E-state index contributed by atoms with van der Waals surface area (Å²) >= 11 is 1.39. The Morgan fingerprint density at radius 3 is 2.52 bits per heavy atom. The summed E-state index contributed by atoms with van der Waals surface area (Å²) in [5, 5.41) is 5.37. The number of sulfone groups is 1. The van der Waals surface area contributed by atoms with Gasteiger partial charge in [0.05, 0.1) is 21.6 Å². The minimum atomic E-state index is -3.70. The number of amides is 2. The molecule has 0 aliphatic carbocycles. The van der Waals surface area contributed by atoms with Crippen LogP contribution in [0.4, 0.5) is 11.4 Å².